The molecule has 1 amide bonds. The highest BCUT2D eigenvalue weighted by atomic mass is 79.9. The molecular formula is C39H35BrN2O4S. The van der Waals surface area contributed by atoms with Gasteiger partial charge in [-0.3, -0.25) is 4.79 Å². The number of nitrogens with one attached hydrogen (secondary N) is 1. The van der Waals surface area contributed by atoms with Crippen molar-refractivity contribution in [3.63, 3.8) is 0 Å². The van der Waals surface area contributed by atoms with Gasteiger partial charge in [0.05, 0.1) is 6.61 Å². The molecule has 0 radical (unpaired) electrons. The van der Waals surface area contributed by atoms with Crippen molar-refractivity contribution in [3.05, 3.63) is 160 Å². The van der Waals surface area contributed by atoms with Crippen LogP contribution in [0.5, 0.6) is 5.75 Å². The van der Waals surface area contributed by atoms with Crippen LogP contribution in [0.25, 0.3) is 0 Å². The summed E-state index contributed by atoms with van der Waals surface area (Å²) in [5, 5.41) is 12.4. The first-order valence-corrected chi connectivity index (χ1v) is 17.1. The monoisotopic (exact) mass is 706 g/mol. The number of hydrogen-bond acceptors (Lipinski definition) is 6. The lowest BCUT2D eigenvalue weighted by Crippen LogP contribution is -2.49. The third-order valence-corrected chi connectivity index (χ3v) is 9.83. The van der Waals surface area contributed by atoms with Gasteiger partial charge in [0.1, 0.15) is 5.75 Å². The van der Waals surface area contributed by atoms with Crippen LogP contribution in [0.4, 0.5) is 0 Å². The van der Waals surface area contributed by atoms with Crippen LogP contribution in [-0.4, -0.2) is 35.7 Å². The van der Waals surface area contributed by atoms with Crippen molar-refractivity contribution in [1.82, 2.24) is 5.32 Å². The van der Waals surface area contributed by atoms with E-state index in [2.05, 4.69) is 39.4 Å². The molecule has 8 heteroatoms. The fourth-order valence-corrected chi connectivity index (χ4v) is 6.93. The lowest BCUT2D eigenvalue weighted by Gasteiger charge is -2.31. The minimum absolute atomic E-state index is 0.0722. The summed E-state index contributed by atoms with van der Waals surface area (Å²) in [5.41, 5.74) is 2.26. The minimum Gasteiger partial charge on any atom is -0.494 e. The summed E-state index contributed by atoms with van der Waals surface area (Å²) in [6, 6.07) is 43.6. The highest BCUT2D eigenvalue weighted by molar-refractivity contribution is 9.10. The second-order valence-electron chi connectivity index (χ2n) is 11.2. The molecule has 0 fully saturated rings. The van der Waals surface area contributed by atoms with Crippen LogP contribution < -0.4 is 10.1 Å². The number of ether oxygens (including phenoxy) is 2. The summed E-state index contributed by atoms with van der Waals surface area (Å²) in [5.74, 6) is 0.855. The molecule has 238 valence electrons. The van der Waals surface area contributed by atoms with Gasteiger partial charge < -0.3 is 19.9 Å². The number of benzene rings is 5. The van der Waals surface area contributed by atoms with Crippen molar-refractivity contribution < 1.29 is 19.4 Å². The summed E-state index contributed by atoms with van der Waals surface area (Å²) in [7, 11) is 0. The van der Waals surface area contributed by atoms with Gasteiger partial charge in [-0.05, 0) is 65.2 Å². The summed E-state index contributed by atoms with van der Waals surface area (Å²) >= 11 is 5.38. The average molecular weight is 708 g/mol. The maximum Gasteiger partial charge on any atom is 0.252 e. The average Bonchev–Trinajstić information content (AvgIpc) is 3.50. The first-order chi connectivity index (χ1) is 23.1. The van der Waals surface area contributed by atoms with E-state index in [1.807, 2.05) is 115 Å². The Bertz CT molecular complexity index is 1820. The summed E-state index contributed by atoms with van der Waals surface area (Å²) < 4.78 is 13.3. The predicted molar refractivity (Wildman–Crippen MR) is 190 cm³/mol. The fourth-order valence-electron chi connectivity index (χ4n) is 5.54. The number of hydrogen-bond donors (Lipinski definition) is 2. The Morgan fingerprint density at radius 2 is 1.51 bits per heavy atom. The molecule has 6 nitrogen and oxygen atoms in total. The van der Waals surface area contributed by atoms with Gasteiger partial charge in [0.25, 0.3) is 5.91 Å². The second kappa shape index (κ2) is 15.5. The van der Waals surface area contributed by atoms with Crippen molar-refractivity contribution in [2.45, 2.75) is 40.8 Å². The van der Waals surface area contributed by atoms with E-state index in [9.17, 15) is 4.79 Å². The molecular weight excluding hydrogens is 672 g/mol. The zero-order chi connectivity index (χ0) is 32.5. The highest BCUT2D eigenvalue weighted by Gasteiger charge is 2.53. The number of aliphatic hydroxyl groups excluding tert-OH is 1. The van der Waals surface area contributed by atoms with E-state index in [0.29, 0.717) is 37.6 Å². The standard InChI is InChI=1S/C39H35BrN2O4S/c40-34-18-9-7-14-30(34)26-39(38(44)41-27-31-15-8-10-19-35(31)47-33-16-5-2-6-17-33)36(28-12-3-1-4-13-28)46-37(42-39)29-20-22-32(23-21-29)45-25-11-24-43/h1-10,12-23,36,43H,11,24-27H2,(H,41,44)/t36-,39-/m1/s1. The van der Waals surface area contributed by atoms with E-state index in [0.717, 1.165) is 36.5 Å². The smallest absolute Gasteiger partial charge is 0.252 e. The quantitative estimate of drug-likeness (QED) is 0.121. The van der Waals surface area contributed by atoms with Crippen molar-refractivity contribution in [2.24, 2.45) is 4.99 Å². The fraction of sp³-hybridized carbons (Fsp3) is 0.179. The number of carbonyl (C=O) groups is 1. The topological polar surface area (TPSA) is 80.2 Å². The van der Waals surface area contributed by atoms with Gasteiger partial charge in [0.2, 0.25) is 5.90 Å². The molecule has 2 atom stereocenters. The zero-order valence-electron chi connectivity index (χ0n) is 25.7. The van der Waals surface area contributed by atoms with Gasteiger partial charge in [-0.25, -0.2) is 4.99 Å². The predicted octanol–water partition coefficient (Wildman–Crippen LogP) is 8.18. The number of aliphatic hydroxyl groups is 1. The molecule has 5 aromatic carbocycles. The highest BCUT2D eigenvalue weighted by Crippen LogP contribution is 2.43. The van der Waals surface area contributed by atoms with Gasteiger partial charge in [-0.2, -0.15) is 0 Å². The Labute approximate surface area is 288 Å². The number of aliphatic imine (C=N–C) groups is 1. The van der Waals surface area contributed by atoms with Gasteiger partial charge in [0, 0.05) is 45.8 Å². The third-order valence-electron chi connectivity index (χ3n) is 7.93. The maximum atomic E-state index is 14.7. The van der Waals surface area contributed by atoms with Gasteiger partial charge in [0.15, 0.2) is 11.6 Å². The van der Waals surface area contributed by atoms with E-state index in [4.69, 9.17) is 19.6 Å². The van der Waals surface area contributed by atoms with Crippen molar-refractivity contribution in [2.75, 3.05) is 13.2 Å². The second-order valence-corrected chi connectivity index (χ2v) is 13.1. The summed E-state index contributed by atoms with van der Waals surface area (Å²) in [6.07, 6.45) is 0.185. The Hall–Kier alpha value is -4.37. The van der Waals surface area contributed by atoms with Crippen LogP contribution in [0.1, 0.15) is 34.8 Å². The Morgan fingerprint density at radius 3 is 2.23 bits per heavy atom. The van der Waals surface area contributed by atoms with Gasteiger partial charge in [-0.1, -0.05) is 113 Å². The molecule has 1 aliphatic rings. The number of halogens is 1. The molecule has 0 aliphatic carbocycles. The molecule has 0 spiro atoms. The van der Waals surface area contributed by atoms with Crippen molar-refractivity contribution >= 4 is 39.5 Å². The third kappa shape index (κ3) is 7.79. The van der Waals surface area contributed by atoms with E-state index < -0.39 is 11.6 Å². The van der Waals surface area contributed by atoms with E-state index in [1.165, 1.54) is 0 Å². The number of amides is 1. The first-order valence-electron chi connectivity index (χ1n) is 15.5. The SMILES string of the molecule is O=C(NCc1ccccc1Sc1ccccc1)[C@]1(Cc2ccccc2Br)N=C(c2ccc(OCCCO)cc2)O[C@@H]1c1ccccc1. The summed E-state index contributed by atoms with van der Waals surface area (Å²) in [6.45, 7) is 0.826. The number of carbonyl (C=O) groups excluding carboxylic acids is 1. The van der Waals surface area contributed by atoms with Crippen molar-refractivity contribution in [3.8, 4) is 5.75 Å². The van der Waals surface area contributed by atoms with E-state index >= 15 is 0 Å². The van der Waals surface area contributed by atoms with Crippen LogP contribution in [0, 0.1) is 0 Å². The molecule has 5 aromatic rings. The molecule has 2 N–H and O–H groups in total. The molecule has 0 saturated heterocycles. The molecule has 1 heterocycles. The molecule has 0 unspecified atom stereocenters. The van der Waals surface area contributed by atoms with Crippen LogP contribution >= 0.6 is 27.7 Å². The van der Waals surface area contributed by atoms with Gasteiger partial charge in [-0.15, -0.1) is 0 Å². The Balaban J connectivity index is 1.36. The normalized spacial score (nSPS) is 17.1. The first kappa shape index (κ1) is 32.6. The Morgan fingerprint density at radius 1 is 0.851 bits per heavy atom. The van der Waals surface area contributed by atoms with Crippen LogP contribution in [0.15, 0.2) is 153 Å². The molecule has 1 aliphatic heterocycles. The number of rotatable bonds is 13. The minimum atomic E-state index is -1.31. The van der Waals surface area contributed by atoms with Crippen molar-refractivity contribution in [1.29, 1.82) is 0 Å². The number of nitrogens with zero attached hydrogens (tertiary/aromatic N) is 1. The molecule has 47 heavy (non-hydrogen) atoms. The van der Waals surface area contributed by atoms with Crippen LogP contribution in [0.3, 0.4) is 0 Å². The maximum absolute atomic E-state index is 14.7. The largest absolute Gasteiger partial charge is 0.494 e. The molecule has 6 rings (SSSR count). The summed E-state index contributed by atoms with van der Waals surface area (Å²) in [4.78, 5) is 22.1. The Kier molecular flexibility index (Phi) is 10.7. The van der Waals surface area contributed by atoms with E-state index in [-0.39, 0.29) is 12.5 Å². The molecule has 0 saturated carbocycles. The van der Waals surface area contributed by atoms with E-state index in [1.54, 1.807) is 11.8 Å². The van der Waals surface area contributed by atoms with Crippen LogP contribution in [0.2, 0.25) is 0 Å². The molecule has 0 aromatic heterocycles. The lowest BCUT2D eigenvalue weighted by atomic mass is 9.82. The van der Waals surface area contributed by atoms with Crippen LogP contribution in [-0.2, 0) is 22.5 Å². The molecule has 0 bridgehead atoms. The van der Waals surface area contributed by atoms with Gasteiger partial charge >= 0.3 is 0 Å². The lowest BCUT2D eigenvalue weighted by molar-refractivity contribution is -0.129. The zero-order valence-corrected chi connectivity index (χ0v) is 28.1.